The molecule has 0 aromatic carbocycles. The van der Waals surface area contributed by atoms with Crippen LogP contribution in [0.3, 0.4) is 0 Å². The fraction of sp³-hybridized carbons (Fsp3) is 1.00. The van der Waals surface area contributed by atoms with E-state index in [1.165, 1.54) is 24.7 Å². The molecule has 0 aliphatic heterocycles. The maximum absolute atomic E-state index is 2.54. The molecular weight excluding hydrogens is 156 g/mol. The summed E-state index contributed by atoms with van der Waals surface area (Å²) in [5.41, 5.74) is 1.84. The first-order valence-corrected chi connectivity index (χ1v) is 6.24. The van der Waals surface area contributed by atoms with Crippen molar-refractivity contribution >= 4 is 0 Å². The van der Waals surface area contributed by atoms with Gasteiger partial charge in [-0.2, -0.15) is 0 Å². The number of hydrogen-bond acceptors (Lipinski definition) is 0. The zero-order chi connectivity index (χ0) is 9.01. The monoisotopic (exact) mass is 176 g/mol. The second-order valence-corrected chi connectivity index (χ2v) is 6.21. The molecule has 0 saturated heterocycles. The van der Waals surface area contributed by atoms with Crippen molar-refractivity contribution in [3.05, 3.63) is 0 Å². The molecule has 5 unspecified atom stereocenters. The van der Waals surface area contributed by atoms with Crippen LogP contribution >= 0.6 is 0 Å². The molecule has 72 valence electrons. The Kier molecular flexibility index (Phi) is 0.907. The topological polar surface area (TPSA) is 0 Å². The highest BCUT2D eigenvalue weighted by Gasteiger charge is 3.03. The van der Waals surface area contributed by atoms with Crippen molar-refractivity contribution in [3.8, 4) is 0 Å². The second-order valence-electron chi connectivity index (χ2n) is 6.21. The molecule has 13 heavy (non-hydrogen) atoms. The average molecular weight is 176 g/mol. The van der Waals surface area contributed by atoms with E-state index in [2.05, 4.69) is 20.8 Å². The van der Waals surface area contributed by atoms with Crippen LogP contribution in [0.4, 0.5) is 0 Å². The Hall–Kier alpha value is 0. The third-order valence-electron chi connectivity index (χ3n) is 6.63. The van der Waals surface area contributed by atoms with E-state index in [-0.39, 0.29) is 0 Å². The van der Waals surface area contributed by atoms with Gasteiger partial charge < -0.3 is 0 Å². The Bertz CT molecular complexity index is 280. The van der Waals surface area contributed by atoms with E-state index >= 15 is 0 Å². The van der Waals surface area contributed by atoms with Crippen LogP contribution in [0, 0.1) is 40.4 Å². The highest BCUT2D eigenvalue weighted by molar-refractivity contribution is 5.50. The molecular formula is C13H20. The van der Waals surface area contributed by atoms with Gasteiger partial charge in [-0.3, -0.25) is 0 Å². The largest absolute Gasteiger partial charge is 0.0654 e. The molecule has 0 heteroatoms. The molecule has 0 spiro atoms. The van der Waals surface area contributed by atoms with Crippen LogP contribution in [0.1, 0.15) is 40.0 Å². The van der Waals surface area contributed by atoms with Crippen LogP contribution in [0.25, 0.3) is 0 Å². The summed E-state index contributed by atoms with van der Waals surface area (Å²) in [7, 11) is 0. The van der Waals surface area contributed by atoms with Crippen molar-refractivity contribution in [2.24, 2.45) is 40.4 Å². The van der Waals surface area contributed by atoms with E-state index in [9.17, 15) is 0 Å². The Morgan fingerprint density at radius 2 is 1.85 bits per heavy atom. The Morgan fingerprint density at radius 1 is 1.15 bits per heavy atom. The van der Waals surface area contributed by atoms with E-state index in [0.717, 1.165) is 28.6 Å². The van der Waals surface area contributed by atoms with Crippen molar-refractivity contribution in [1.82, 2.24) is 0 Å². The molecule has 0 heterocycles. The summed E-state index contributed by atoms with van der Waals surface area (Å²) in [4.78, 5) is 0. The summed E-state index contributed by atoms with van der Waals surface area (Å²) in [6.07, 6.45) is 4.57. The summed E-state index contributed by atoms with van der Waals surface area (Å²) in [6.45, 7) is 7.45. The molecule has 0 amide bonds. The Morgan fingerprint density at radius 3 is 2.38 bits per heavy atom. The molecule has 0 N–H and O–H groups in total. The van der Waals surface area contributed by atoms with Gasteiger partial charge in [0.15, 0.2) is 0 Å². The highest BCUT2D eigenvalue weighted by Crippen LogP contribution is 3.07. The van der Waals surface area contributed by atoms with Crippen molar-refractivity contribution in [2.45, 2.75) is 40.0 Å². The summed E-state index contributed by atoms with van der Waals surface area (Å²) in [5.74, 6) is 5.81. The first-order valence-electron chi connectivity index (χ1n) is 6.24. The van der Waals surface area contributed by atoms with Crippen LogP contribution in [0.2, 0.25) is 0 Å². The molecule has 0 bridgehead atoms. The predicted molar refractivity (Wildman–Crippen MR) is 53.2 cm³/mol. The third kappa shape index (κ3) is 0.412. The standard InChI is InChI=1S/C13H20/c1-4-5-10-9-6-11(9)13-7(2)12(10,13)8(13)3/h7-11H,4-6H2,1-3H3. The van der Waals surface area contributed by atoms with Crippen LogP contribution in [-0.4, -0.2) is 0 Å². The van der Waals surface area contributed by atoms with Gasteiger partial charge in [-0.1, -0.05) is 27.2 Å². The van der Waals surface area contributed by atoms with Crippen LogP contribution in [-0.2, 0) is 0 Å². The van der Waals surface area contributed by atoms with E-state index in [1.54, 1.807) is 6.42 Å². The van der Waals surface area contributed by atoms with Crippen LogP contribution < -0.4 is 0 Å². The Balaban J connectivity index is 1.73. The van der Waals surface area contributed by atoms with Crippen LogP contribution in [0.15, 0.2) is 0 Å². The van der Waals surface area contributed by atoms with E-state index in [0.29, 0.717) is 0 Å². The van der Waals surface area contributed by atoms with Gasteiger partial charge in [-0.05, 0) is 53.3 Å². The molecule has 0 nitrogen and oxygen atoms in total. The lowest BCUT2D eigenvalue weighted by Gasteiger charge is -2.28. The van der Waals surface area contributed by atoms with Gasteiger partial charge >= 0.3 is 0 Å². The van der Waals surface area contributed by atoms with Gasteiger partial charge in [0.1, 0.15) is 0 Å². The van der Waals surface area contributed by atoms with Gasteiger partial charge in [-0.25, -0.2) is 0 Å². The first-order chi connectivity index (χ1) is 6.24. The third-order valence-corrected chi connectivity index (χ3v) is 6.63. The second kappa shape index (κ2) is 1.61. The molecule has 4 fully saturated rings. The molecule has 0 aromatic rings. The minimum atomic E-state index is 0.913. The summed E-state index contributed by atoms with van der Waals surface area (Å²) >= 11 is 0. The fourth-order valence-electron chi connectivity index (χ4n) is 6.46. The summed E-state index contributed by atoms with van der Waals surface area (Å²) < 4.78 is 0. The molecule has 4 aliphatic carbocycles. The van der Waals surface area contributed by atoms with Crippen molar-refractivity contribution in [1.29, 1.82) is 0 Å². The van der Waals surface area contributed by atoms with Crippen molar-refractivity contribution in [3.63, 3.8) is 0 Å². The number of hydrogen-bond donors (Lipinski definition) is 0. The highest BCUT2D eigenvalue weighted by atomic mass is 15.1. The SMILES string of the molecule is CCCC1C2CC2C23C(C)C12C3C. The molecule has 4 saturated carbocycles. The molecule has 5 atom stereocenters. The quantitative estimate of drug-likeness (QED) is 0.605. The minimum Gasteiger partial charge on any atom is -0.0654 e. The van der Waals surface area contributed by atoms with E-state index < -0.39 is 0 Å². The normalized spacial score (nSPS) is 75.5. The van der Waals surface area contributed by atoms with Crippen molar-refractivity contribution < 1.29 is 0 Å². The first kappa shape index (κ1) is 7.31. The zero-order valence-electron chi connectivity index (χ0n) is 9.01. The lowest BCUT2D eigenvalue weighted by atomic mass is 9.77. The van der Waals surface area contributed by atoms with E-state index in [4.69, 9.17) is 0 Å². The number of fused-ring (bicyclic) bond motifs is 1. The lowest BCUT2D eigenvalue weighted by molar-refractivity contribution is 0.198. The smallest absolute Gasteiger partial charge is 0.0139 e. The Labute approximate surface area is 81.1 Å². The average Bonchev–Trinajstić information content (AvgIpc) is 3.00. The molecule has 4 aliphatic rings. The summed E-state index contributed by atoms with van der Waals surface area (Å²) in [6, 6.07) is 0. The number of rotatable bonds is 2. The molecule has 0 aromatic heterocycles. The van der Waals surface area contributed by atoms with Gasteiger partial charge in [0.2, 0.25) is 0 Å². The minimum absolute atomic E-state index is 0.913. The maximum Gasteiger partial charge on any atom is -0.0139 e. The predicted octanol–water partition coefficient (Wildman–Crippen LogP) is 3.32. The van der Waals surface area contributed by atoms with Gasteiger partial charge in [0.05, 0.1) is 0 Å². The zero-order valence-corrected chi connectivity index (χ0v) is 9.01. The lowest BCUT2D eigenvalue weighted by Crippen LogP contribution is -2.23. The van der Waals surface area contributed by atoms with Gasteiger partial charge in [0, 0.05) is 0 Å². The maximum atomic E-state index is 2.54. The molecule has 0 radical (unpaired) electrons. The van der Waals surface area contributed by atoms with Gasteiger partial charge in [-0.15, -0.1) is 0 Å². The molecule has 4 rings (SSSR count). The van der Waals surface area contributed by atoms with Crippen molar-refractivity contribution in [2.75, 3.05) is 0 Å². The summed E-state index contributed by atoms with van der Waals surface area (Å²) in [5, 5.41) is 0. The van der Waals surface area contributed by atoms with Crippen LogP contribution in [0.5, 0.6) is 0 Å². The van der Waals surface area contributed by atoms with E-state index in [1.807, 2.05) is 0 Å². The fourth-order valence-corrected chi connectivity index (χ4v) is 6.46. The van der Waals surface area contributed by atoms with Gasteiger partial charge in [0.25, 0.3) is 0 Å².